The molecule has 17 heavy (non-hydrogen) atoms. The summed E-state index contributed by atoms with van der Waals surface area (Å²) in [4.78, 5) is 14.7. The van der Waals surface area contributed by atoms with Crippen molar-refractivity contribution in [2.45, 2.75) is 51.1 Å². The normalized spacial score (nSPS) is 32.7. The van der Waals surface area contributed by atoms with E-state index in [1.165, 1.54) is 6.42 Å². The van der Waals surface area contributed by atoms with Gasteiger partial charge in [-0.1, -0.05) is 6.92 Å². The van der Waals surface area contributed by atoms with Gasteiger partial charge in [0.15, 0.2) is 0 Å². The summed E-state index contributed by atoms with van der Waals surface area (Å²) in [5, 5.41) is 3.48. The lowest BCUT2D eigenvalue weighted by Gasteiger charge is -2.33. The highest BCUT2D eigenvalue weighted by atomic mass is 16.5. The maximum absolute atomic E-state index is 12.3. The number of nitrogens with one attached hydrogen (secondary N) is 1. The van der Waals surface area contributed by atoms with Crippen LogP contribution in [-0.4, -0.2) is 48.7 Å². The molecule has 0 amide bonds. The molecule has 0 radical (unpaired) electrons. The molecule has 0 aliphatic carbocycles. The maximum Gasteiger partial charge on any atom is 0.328 e. The van der Waals surface area contributed by atoms with E-state index >= 15 is 0 Å². The van der Waals surface area contributed by atoms with Crippen molar-refractivity contribution < 1.29 is 9.53 Å². The van der Waals surface area contributed by atoms with Crippen molar-refractivity contribution in [3.8, 4) is 0 Å². The fourth-order valence-corrected chi connectivity index (χ4v) is 3.26. The summed E-state index contributed by atoms with van der Waals surface area (Å²) in [7, 11) is 0. The minimum atomic E-state index is -0.428. The number of carbonyl (C=O) groups excluding carboxylic acids is 1. The van der Waals surface area contributed by atoms with Crippen LogP contribution < -0.4 is 5.32 Å². The summed E-state index contributed by atoms with van der Waals surface area (Å²) in [5.74, 6) is -0.0390. The van der Waals surface area contributed by atoms with Gasteiger partial charge in [-0.15, -0.1) is 0 Å². The van der Waals surface area contributed by atoms with Crippen LogP contribution in [0.4, 0.5) is 0 Å². The Hall–Kier alpha value is -0.610. The van der Waals surface area contributed by atoms with Gasteiger partial charge in [0.1, 0.15) is 5.54 Å². The van der Waals surface area contributed by atoms with Crippen LogP contribution in [0.5, 0.6) is 0 Å². The number of hydrogen-bond acceptors (Lipinski definition) is 4. The Kier molecular flexibility index (Phi) is 4.05. The zero-order chi connectivity index (χ0) is 12.3. The number of rotatable bonds is 5. The second-order valence-electron chi connectivity index (χ2n) is 5.06. The van der Waals surface area contributed by atoms with E-state index in [0.717, 1.165) is 38.9 Å². The number of ether oxygens (including phenoxy) is 1. The second kappa shape index (κ2) is 5.36. The Morgan fingerprint density at radius 3 is 3.00 bits per heavy atom. The Bertz CT molecular complexity index is 283. The molecule has 2 fully saturated rings. The monoisotopic (exact) mass is 240 g/mol. The Labute approximate surface area is 104 Å². The molecule has 4 nitrogen and oxygen atoms in total. The first-order valence-corrected chi connectivity index (χ1v) is 6.91. The Morgan fingerprint density at radius 1 is 1.47 bits per heavy atom. The molecule has 2 rings (SSSR count). The van der Waals surface area contributed by atoms with Gasteiger partial charge >= 0.3 is 5.97 Å². The van der Waals surface area contributed by atoms with Crippen LogP contribution in [-0.2, 0) is 9.53 Å². The molecule has 0 aromatic carbocycles. The van der Waals surface area contributed by atoms with Crippen LogP contribution in [0.25, 0.3) is 0 Å². The summed E-state index contributed by atoms with van der Waals surface area (Å²) in [5.41, 5.74) is -0.428. The van der Waals surface area contributed by atoms with Gasteiger partial charge in [0, 0.05) is 12.6 Å². The first kappa shape index (κ1) is 12.8. The average molecular weight is 240 g/mol. The quantitative estimate of drug-likeness (QED) is 0.732. The molecule has 98 valence electrons. The number of esters is 1. The first-order chi connectivity index (χ1) is 8.24. The van der Waals surface area contributed by atoms with Crippen molar-refractivity contribution in [2.24, 2.45) is 0 Å². The highest BCUT2D eigenvalue weighted by Gasteiger charge is 2.54. The second-order valence-corrected chi connectivity index (χ2v) is 5.06. The third-order valence-corrected chi connectivity index (χ3v) is 4.06. The maximum atomic E-state index is 12.3. The van der Waals surface area contributed by atoms with Crippen LogP contribution in [0.2, 0.25) is 0 Å². The van der Waals surface area contributed by atoms with Crippen LogP contribution in [0, 0.1) is 0 Å². The molecule has 2 atom stereocenters. The van der Waals surface area contributed by atoms with E-state index in [9.17, 15) is 4.79 Å². The van der Waals surface area contributed by atoms with Crippen molar-refractivity contribution in [3.05, 3.63) is 0 Å². The minimum Gasteiger partial charge on any atom is -0.465 e. The van der Waals surface area contributed by atoms with Gasteiger partial charge in [-0.3, -0.25) is 4.90 Å². The zero-order valence-electron chi connectivity index (χ0n) is 11.0. The molecule has 0 aromatic heterocycles. The van der Waals surface area contributed by atoms with Crippen molar-refractivity contribution in [1.82, 2.24) is 10.2 Å². The number of carbonyl (C=O) groups is 1. The van der Waals surface area contributed by atoms with Gasteiger partial charge in [0.2, 0.25) is 0 Å². The lowest BCUT2D eigenvalue weighted by Crippen LogP contribution is -2.59. The predicted molar refractivity (Wildman–Crippen MR) is 66.9 cm³/mol. The summed E-state index contributed by atoms with van der Waals surface area (Å²) >= 11 is 0. The zero-order valence-corrected chi connectivity index (χ0v) is 11.0. The third kappa shape index (κ3) is 2.20. The number of fused-ring (bicyclic) bond motifs is 1. The van der Waals surface area contributed by atoms with Gasteiger partial charge < -0.3 is 10.1 Å². The molecule has 1 N–H and O–H groups in total. The molecule has 2 aliphatic heterocycles. The molecule has 0 spiro atoms. The van der Waals surface area contributed by atoms with Gasteiger partial charge in [-0.2, -0.15) is 0 Å². The van der Waals surface area contributed by atoms with E-state index < -0.39 is 5.54 Å². The predicted octanol–water partition coefficient (Wildman–Crippen LogP) is 1.16. The van der Waals surface area contributed by atoms with Gasteiger partial charge in [0.05, 0.1) is 6.61 Å². The summed E-state index contributed by atoms with van der Waals surface area (Å²) in [6.45, 7) is 7.55. The van der Waals surface area contributed by atoms with Gasteiger partial charge in [-0.25, -0.2) is 4.79 Å². The van der Waals surface area contributed by atoms with E-state index in [2.05, 4.69) is 17.1 Å². The smallest absolute Gasteiger partial charge is 0.328 e. The molecular weight excluding hydrogens is 216 g/mol. The summed E-state index contributed by atoms with van der Waals surface area (Å²) in [6.07, 6.45) is 4.28. The first-order valence-electron chi connectivity index (χ1n) is 6.91. The standard InChI is InChI=1S/C13H24N2O2/c1-3-8-14-13(12(16)17-4-2)7-10-15-9-5-6-11(13)15/h11,14H,3-10H2,1-2H3. The van der Waals surface area contributed by atoms with E-state index in [1.807, 2.05) is 6.92 Å². The fraction of sp³-hybridized carbons (Fsp3) is 0.923. The van der Waals surface area contributed by atoms with Crippen molar-refractivity contribution in [3.63, 3.8) is 0 Å². The SMILES string of the molecule is CCCNC1(C(=O)OCC)CCN2CCCC21. The fourth-order valence-electron chi connectivity index (χ4n) is 3.26. The lowest BCUT2D eigenvalue weighted by atomic mass is 9.88. The molecule has 0 saturated carbocycles. The molecule has 0 bridgehead atoms. The van der Waals surface area contributed by atoms with Crippen LogP contribution in [0.15, 0.2) is 0 Å². The number of hydrogen-bond donors (Lipinski definition) is 1. The molecule has 2 unspecified atom stereocenters. The number of nitrogens with zero attached hydrogens (tertiary/aromatic N) is 1. The average Bonchev–Trinajstić information content (AvgIpc) is 2.89. The van der Waals surface area contributed by atoms with Crippen LogP contribution in [0.3, 0.4) is 0 Å². The molecule has 4 heteroatoms. The molecule has 2 saturated heterocycles. The Morgan fingerprint density at radius 2 is 2.29 bits per heavy atom. The lowest BCUT2D eigenvalue weighted by molar-refractivity contribution is -0.152. The molecule has 0 aromatic rings. The topological polar surface area (TPSA) is 41.6 Å². The van der Waals surface area contributed by atoms with Crippen LogP contribution in [0.1, 0.15) is 39.5 Å². The van der Waals surface area contributed by atoms with E-state index in [0.29, 0.717) is 12.6 Å². The van der Waals surface area contributed by atoms with Crippen molar-refractivity contribution >= 4 is 5.97 Å². The molecule has 2 heterocycles. The Balaban J connectivity index is 2.14. The molecular formula is C13H24N2O2. The van der Waals surface area contributed by atoms with Crippen LogP contribution >= 0.6 is 0 Å². The summed E-state index contributed by atoms with van der Waals surface area (Å²) < 4.78 is 5.31. The van der Waals surface area contributed by atoms with Crippen molar-refractivity contribution in [1.29, 1.82) is 0 Å². The van der Waals surface area contributed by atoms with E-state index in [-0.39, 0.29) is 5.97 Å². The van der Waals surface area contributed by atoms with Gasteiger partial charge in [0.25, 0.3) is 0 Å². The highest BCUT2D eigenvalue weighted by molar-refractivity contribution is 5.82. The van der Waals surface area contributed by atoms with Gasteiger partial charge in [-0.05, 0) is 45.7 Å². The van der Waals surface area contributed by atoms with Crippen molar-refractivity contribution in [2.75, 3.05) is 26.2 Å². The molecule has 2 aliphatic rings. The van der Waals surface area contributed by atoms with E-state index in [4.69, 9.17) is 4.74 Å². The third-order valence-electron chi connectivity index (χ3n) is 4.06. The van der Waals surface area contributed by atoms with E-state index in [1.54, 1.807) is 0 Å². The minimum absolute atomic E-state index is 0.0390. The highest BCUT2D eigenvalue weighted by Crippen LogP contribution is 2.37. The largest absolute Gasteiger partial charge is 0.465 e. The summed E-state index contributed by atoms with van der Waals surface area (Å²) in [6, 6.07) is 0.355.